The molecule has 0 aromatic carbocycles. The second kappa shape index (κ2) is 6.23. The van der Waals surface area contributed by atoms with Crippen LogP contribution >= 0.6 is 0 Å². The number of aromatic nitrogens is 4. The van der Waals surface area contributed by atoms with Crippen LogP contribution in [-0.2, 0) is 6.18 Å². The number of rotatable bonds is 3. The highest BCUT2D eigenvalue weighted by atomic mass is 19.4. The molecule has 0 N–H and O–H groups in total. The second-order valence-electron chi connectivity index (χ2n) is 4.79. The van der Waals surface area contributed by atoms with Crippen LogP contribution in [0.15, 0.2) is 49.1 Å². The van der Waals surface area contributed by atoms with Crippen LogP contribution < -0.4 is 4.74 Å². The number of alkyl halides is 3. The van der Waals surface area contributed by atoms with E-state index in [9.17, 15) is 13.2 Å². The molecule has 3 aromatic rings. The molecule has 0 aliphatic rings. The van der Waals surface area contributed by atoms with E-state index >= 15 is 0 Å². The Morgan fingerprint density at radius 2 is 1.88 bits per heavy atom. The van der Waals surface area contributed by atoms with Gasteiger partial charge in [0.05, 0.1) is 18.9 Å². The molecule has 3 heterocycles. The first-order valence-electron chi connectivity index (χ1n) is 6.84. The van der Waals surface area contributed by atoms with E-state index in [1.165, 1.54) is 19.5 Å². The first kappa shape index (κ1) is 15.9. The number of methoxy groups -OCH3 is 1. The average Bonchev–Trinajstić information content (AvgIpc) is 2.61. The number of hydrogen-bond donors (Lipinski definition) is 0. The van der Waals surface area contributed by atoms with Gasteiger partial charge in [-0.05, 0) is 18.2 Å². The van der Waals surface area contributed by atoms with E-state index in [0.29, 0.717) is 5.69 Å². The summed E-state index contributed by atoms with van der Waals surface area (Å²) in [6, 6.07) is 6.18. The molecule has 0 aliphatic carbocycles. The maximum atomic E-state index is 12.9. The highest BCUT2D eigenvalue weighted by Gasteiger charge is 2.31. The SMILES string of the molecule is COc1cnc(-c2ccccn2)nc1-c1cncc(C(F)(F)F)c1. The predicted octanol–water partition coefficient (Wildman–Crippen LogP) is 3.63. The minimum absolute atomic E-state index is 0.182. The van der Waals surface area contributed by atoms with Crippen LogP contribution in [0, 0.1) is 0 Å². The fraction of sp³-hybridized carbons (Fsp3) is 0.125. The van der Waals surface area contributed by atoms with E-state index in [1.54, 1.807) is 24.4 Å². The molecule has 5 nitrogen and oxygen atoms in total. The van der Waals surface area contributed by atoms with Gasteiger partial charge in [0.2, 0.25) is 0 Å². The zero-order valence-electron chi connectivity index (χ0n) is 12.4. The summed E-state index contributed by atoms with van der Waals surface area (Å²) in [5.74, 6) is 0.527. The van der Waals surface area contributed by atoms with Gasteiger partial charge in [-0.1, -0.05) is 6.07 Å². The molecule has 3 rings (SSSR count). The van der Waals surface area contributed by atoms with E-state index in [0.717, 1.165) is 12.3 Å². The molecule has 24 heavy (non-hydrogen) atoms. The van der Waals surface area contributed by atoms with Crippen molar-refractivity contribution in [1.29, 1.82) is 0 Å². The van der Waals surface area contributed by atoms with Gasteiger partial charge in [-0.15, -0.1) is 0 Å². The van der Waals surface area contributed by atoms with Crippen molar-refractivity contribution in [3.8, 4) is 28.5 Å². The molecule has 0 fully saturated rings. The van der Waals surface area contributed by atoms with Crippen LogP contribution in [0.2, 0.25) is 0 Å². The number of hydrogen-bond acceptors (Lipinski definition) is 5. The third-order valence-electron chi connectivity index (χ3n) is 3.21. The summed E-state index contributed by atoms with van der Waals surface area (Å²) in [5, 5.41) is 0. The predicted molar refractivity (Wildman–Crippen MR) is 80.0 cm³/mol. The normalized spacial score (nSPS) is 11.3. The van der Waals surface area contributed by atoms with Gasteiger partial charge >= 0.3 is 6.18 Å². The summed E-state index contributed by atoms with van der Waals surface area (Å²) in [6.07, 6.45) is 0.535. The van der Waals surface area contributed by atoms with Crippen molar-refractivity contribution in [2.75, 3.05) is 7.11 Å². The maximum absolute atomic E-state index is 12.9. The molecule has 3 aromatic heterocycles. The minimum atomic E-state index is -4.49. The molecule has 0 saturated heterocycles. The molecule has 0 atom stereocenters. The number of halogens is 3. The number of pyridine rings is 2. The summed E-state index contributed by atoms with van der Waals surface area (Å²) >= 11 is 0. The number of ether oxygens (including phenoxy) is 1. The third kappa shape index (κ3) is 3.17. The van der Waals surface area contributed by atoms with E-state index in [2.05, 4.69) is 19.9 Å². The van der Waals surface area contributed by atoms with Gasteiger partial charge in [0.15, 0.2) is 11.6 Å². The molecule has 0 saturated carbocycles. The van der Waals surface area contributed by atoms with Crippen molar-refractivity contribution >= 4 is 0 Å². The second-order valence-corrected chi connectivity index (χ2v) is 4.79. The first-order valence-corrected chi connectivity index (χ1v) is 6.84. The lowest BCUT2D eigenvalue weighted by molar-refractivity contribution is -0.137. The lowest BCUT2D eigenvalue weighted by atomic mass is 10.1. The standard InChI is InChI=1S/C16H11F3N4O/c1-24-13-9-22-15(12-4-2-3-5-21-12)23-14(13)10-6-11(8-20-7-10)16(17,18)19/h2-9H,1H3. The summed E-state index contributed by atoms with van der Waals surface area (Å²) in [5.41, 5.74) is 0.0365. The van der Waals surface area contributed by atoms with Crippen molar-refractivity contribution in [3.05, 3.63) is 54.6 Å². The minimum Gasteiger partial charge on any atom is -0.493 e. The van der Waals surface area contributed by atoms with Crippen molar-refractivity contribution in [2.45, 2.75) is 6.18 Å². The van der Waals surface area contributed by atoms with Gasteiger partial charge in [0, 0.05) is 24.2 Å². The Bertz CT molecular complexity index is 853. The Hall–Kier alpha value is -3.03. The van der Waals surface area contributed by atoms with E-state index in [4.69, 9.17) is 4.74 Å². The van der Waals surface area contributed by atoms with Crippen molar-refractivity contribution in [2.24, 2.45) is 0 Å². The lowest BCUT2D eigenvalue weighted by Crippen LogP contribution is -2.06. The Kier molecular flexibility index (Phi) is 4.11. The zero-order chi connectivity index (χ0) is 17.2. The van der Waals surface area contributed by atoms with Crippen molar-refractivity contribution in [3.63, 3.8) is 0 Å². The highest BCUT2D eigenvalue weighted by molar-refractivity contribution is 5.68. The molecule has 0 radical (unpaired) electrons. The fourth-order valence-corrected chi connectivity index (χ4v) is 2.07. The molecular formula is C16H11F3N4O. The van der Waals surface area contributed by atoms with Crippen molar-refractivity contribution < 1.29 is 17.9 Å². The van der Waals surface area contributed by atoms with Crippen LogP contribution in [0.4, 0.5) is 13.2 Å². The van der Waals surface area contributed by atoms with E-state index in [1.807, 2.05) is 0 Å². The largest absolute Gasteiger partial charge is 0.493 e. The van der Waals surface area contributed by atoms with Gasteiger partial charge in [0.25, 0.3) is 0 Å². The molecule has 122 valence electrons. The van der Waals surface area contributed by atoms with E-state index in [-0.39, 0.29) is 22.8 Å². The molecule has 8 heteroatoms. The quantitative estimate of drug-likeness (QED) is 0.733. The van der Waals surface area contributed by atoms with Crippen LogP contribution in [0.3, 0.4) is 0 Å². The van der Waals surface area contributed by atoms with Crippen LogP contribution in [-0.4, -0.2) is 27.0 Å². The number of nitrogens with zero attached hydrogens (tertiary/aromatic N) is 4. The Labute approximate surface area is 135 Å². The Morgan fingerprint density at radius 1 is 1.04 bits per heavy atom. The van der Waals surface area contributed by atoms with Crippen LogP contribution in [0.5, 0.6) is 5.75 Å². The summed E-state index contributed by atoms with van der Waals surface area (Å²) in [6.45, 7) is 0. The molecule has 0 amide bonds. The zero-order valence-corrected chi connectivity index (χ0v) is 12.4. The fourth-order valence-electron chi connectivity index (χ4n) is 2.07. The Morgan fingerprint density at radius 3 is 2.54 bits per heavy atom. The molecule has 0 spiro atoms. The van der Waals surface area contributed by atoms with E-state index < -0.39 is 11.7 Å². The molecular weight excluding hydrogens is 321 g/mol. The summed E-state index contributed by atoms with van der Waals surface area (Å²) < 4.78 is 43.9. The highest BCUT2D eigenvalue weighted by Crippen LogP contribution is 2.34. The van der Waals surface area contributed by atoms with Gasteiger partial charge in [-0.3, -0.25) is 9.97 Å². The van der Waals surface area contributed by atoms with Crippen LogP contribution in [0.25, 0.3) is 22.8 Å². The molecule has 0 aliphatic heterocycles. The monoisotopic (exact) mass is 332 g/mol. The average molecular weight is 332 g/mol. The Balaban J connectivity index is 2.13. The maximum Gasteiger partial charge on any atom is 0.417 e. The van der Waals surface area contributed by atoms with Crippen LogP contribution in [0.1, 0.15) is 5.56 Å². The van der Waals surface area contributed by atoms with Gasteiger partial charge < -0.3 is 4.74 Å². The van der Waals surface area contributed by atoms with Crippen molar-refractivity contribution in [1.82, 2.24) is 19.9 Å². The first-order chi connectivity index (χ1) is 11.5. The van der Waals surface area contributed by atoms with Gasteiger partial charge in [0.1, 0.15) is 11.4 Å². The molecule has 0 unspecified atom stereocenters. The smallest absolute Gasteiger partial charge is 0.417 e. The third-order valence-corrected chi connectivity index (χ3v) is 3.21. The lowest BCUT2D eigenvalue weighted by Gasteiger charge is -2.11. The summed E-state index contributed by atoms with van der Waals surface area (Å²) in [7, 11) is 1.39. The summed E-state index contributed by atoms with van der Waals surface area (Å²) in [4.78, 5) is 16.2. The topological polar surface area (TPSA) is 60.8 Å². The molecule has 0 bridgehead atoms. The van der Waals surface area contributed by atoms with Gasteiger partial charge in [-0.25, -0.2) is 9.97 Å². The van der Waals surface area contributed by atoms with Gasteiger partial charge in [-0.2, -0.15) is 13.2 Å².